The van der Waals surface area contributed by atoms with Crippen LogP contribution in [0.15, 0.2) is 115 Å². The molecule has 2 aliphatic heterocycles. The number of nitrogens with one attached hydrogen (secondary N) is 1. The smallest absolute Gasteiger partial charge is 0.320 e. The number of hydrogen-bond donors (Lipinski definition) is 1. The molecule has 5 aromatic heterocycles. The van der Waals surface area contributed by atoms with Crippen LogP contribution in [0.5, 0.6) is 0 Å². The fraction of sp³-hybridized carbons (Fsp3) is 0. The lowest BCUT2D eigenvalue weighted by Gasteiger charge is -1.72. The minimum Gasteiger partial charge on any atom is -0.368 e. The third-order valence-corrected chi connectivity index (χ3v) is 6.88. The van der Waals surface area contributed by atoms with Gasteiger partial charge in [-0.2, -0.15) is 22.7 Å². The third kappa shape index (κ3) is 8.32. The lowest BCUT2D eigenvalue weighted by molar-refractivity contribution is 1.30. The highest BCUT2D eigenvalue weighted by atomic mass is 32.1. The van der Waals surface area contributed by atoms with Crippen LogP contribution in [0.3, 0.4) is 0 Å². The molecule has 0 radical (unpaired) electrons. The lowest BCUT2D eigenvalue weighted by Crippen LogP contribution is -2.19. The molecule has 0 bridgehead atoms. The van der Waals surface area contributed by atoms with Gasteiger partial charge in [-0.3, -0.25) is 14.6 Å². The Labute approximate surface area is 206 Å². The molecule has 7 heterocycles. The van der Waals surface area contributed by atoms with Crippen molar-refractivity contribution < 1.29 is 0 Å². The molecule has 1 N–H and O–H groups in total. The number of hydrogen-bond acceptors (Lipinski definition) is 8. The Morgan fingerprint density at radius 1 is 0.667 bits per heavy atom. The van der Waals surface area contributed by atoms with E-state index in [1.54, 1.807) is 45.3 Å². The summed E-state index contributed by atoms with van der Waals surface area (Å²) in [6.45, 7) is 0. The first-order valence-electron chi connectivity index (χ1n) is 9.60. The number of aromatic nitrogens is 3. The van der Waals surface area contributed by atoms with Gasteiger partial charge in [-0.25, -0.2) is 4.98 Å². The van der Waals surface area contributed by atoms with E-state index < -0.39 is 11.0 Å². The van der Waals surface area contributed by atoms with Crippen LogP contribution < -0.4 is 11.0 Å². The molecule has 0 saturated heterocycles. The van der Waals surface area contributed by atoms with Gasteiger partial charge in [0.15, 0.2) is 0 Å². The number of H-pyrrole nitrogens is 1. The van der Waals surface area contributed by atoms with Gasteiger partial charge in [0.25, 0.3) is 5.43 Å². The van der Waals surface area contributed by atoms with Crippen molar-refractivity contribution in [1.29, 1.82) is 0 Å². The van der Waals surface area contributed by atoms with E-state index in [1.165, 1.54) is 21.7 Å². The Balaban J connectivity index is 0.000000120. The maximum Gasteiger partial charge on any atom is 0.320 e. The summed E-state index contributed by atoms with van der Waals surface area (Å²) in [5, 5.41) is 12.4. The van der Waals surface area contributed by atoms with E-state index in [-0.39, 0.29) is 5.69 Å². The van der Waals surface area contributed by atoms with Crippen molar-refractivity contribution >= 4 is 54.7 Å². The van der Waals surface area contributed by atoms with Gasteiger partial charge in [0.1, 0.15) is 5.69 Å². The van der Waals surface area contributed by atoms with E-state index in [0.717, 1.165) is 0 Å². The monoisotopic (exact) mass is 509 g/mol. The highest BCUT2D eigenvalue weighted by Gasteiger charge is 2.14. The van der Waals surface area contributed by atoms with Crippen molar-refractivity contribution in [3.8, 4) is 11.4 Å². The summed E-state index contributed by atoms with van der Waals surface area (Å²) in [4.78, 5) is 31.3. The maximum absolute atomic E-state index is 10.8. The van der Waals surface area contributed by atoms with Gasteiger partial charge in [-0.1, -0.05) is 24.3 Å². The molecule has 9 heteroatoms. The van der Waals surface area contributed by atoms with Crippen molar-refractivity contribution in [2.45, 2.75) is 0 Å². The standard InChI is InChI=1S/C6H2N2O2.C6H4S2.C4H5N.2C4H4S/c9-5-4-3(1-2-7-4)8-6(5)10;1-3-7-6-2-4-8-5(1)6;3*1-2-4-5-3-1/h1-2H;1-4H;1-5H;2*1-4H. The second-order valence-electron chi connectivity index (χ2n) is 5.97. The number of rotatable bonds is 0. The van der Waals surface area contributed by atoms with Crippen LogP contribution in [-0.4, -0.2) is 15.0 Å². The maximum atomic E-state index is 10.8. The summed E-state index contributed by atoms with van der Waals surface area (Å²) < 4.78 is 2.82. The Morgan fingerprint density at radius 2 is 1.21 bits per heavy atom. The van der Waals surface area contributed by atoms with Gasteiger partial charge in [0.2, 0.25) is 0 Å². The molecule has 0 aromatic carbocycles. The van der Waals surface area contributed by atoms with E-state index in [9.17, 15) is 9.59 Å². The molecule has 0 unspecified atom stereocenters. The van der Waals surface area contributed by atoms with Gasteiger partial charge >= 0.3 is 5.56 Å². The quantitative estimate of drug-likeness (QED) is 0.232. The van der Waals surface area contributed by atoms with Crippen LogP contribution in [-0.2, 0) is 0 Å². The SMILES string of the molecule is O=c1nc2ccnc-2c1=O.c1cc2sccc2s1.c1cc[nH]c1.c1ccsc1.c1ccsc1. The Hall–Kier alpha value is -3.24. The number of nitrogens with zero attached hydrogens (tertiary/aromatic N) is 2. The van der Waals surface area contributed by atoms with E-state index in [4.69, 9.17) is 0 Å². The average molecular weight is 510 g/mol. The molecule has 33 heavy (non-hydrogen) atoms. The average Bonchev–Trinajstić information content (AvgIpc) is 3.66. The van der Waals surface area contributed by atoms with Gasteiger partial charge in [0, 0.05) is 28.0 Å². The molecular formula is C24H19N3O2S4. The van der Waals surface area contributed by atoms with Crippen LogP contribution in [0, 0.1) is 0 Å². The number of thiophene rings is 4. The summed E-state index contributed by atoms with van der Waals surface area (Å²) in [6, 6.07) is 17.8. The molecule has 0 aliphatic carbocycles. The minimum absolute atomic E-state index is 0.185. The van der Waals surface area contributed by atoms with Crippen LogP contribution >= 0.6 is 45.3 Å². The molecule has 5 nitrogen and oxygen atoms in total. The number of fused-ring (bicyclic) bond motifs is 2. The van der Waals surface area contributed by atoms with Crippen LogP contribution in [0.1, 0.15) is 0 Å². The van der Waals surface area contributed by atoms with E-state index in [1.807, 2.05) is 70.3 Å². The first kappa shape index (κ1) is 24.4. The second kappa shape index (κ2) is 14.0. The second-order valence-corrected chi connectivity index (χ2v) is 9.49. The van der Waals surface area contributed by atoms with Gasteiger partial charge in [0.05, 0.1) is 5.69 Å². The van der Waals surface area contributed by atoms with Gasteiger partial charge in [-0.15, -0.1) is 22.7 Å². The van der Waals surface area contributed by atoms with Crippen molar-refractivity contribution in [3.05, 3.63) is 126 Å². The zero-order valence-corrected chi connectivity index (χ0v) is 20.5. The van der Waals surface area contributed by atoms with Crippen LogP contribution in [0.4, 0.5) is 0 Å². The summed E-state index contributed by atoms with van der Waals surface area (Å²) in [5.41, 5.74) is -0.724. The van der Waals surface area contributed by atoms with Crippen LogP contribution in [0.25, 0.3) is 20.8 Å². The Morgan fingerprint density at radius 3 is 1.61 bits per heavy atom. The first-order chi connectivity index (χ1) is 16.3. The summed E-state index contributed by atoms with van der Waals surface area (Å²) >= 11 is 7.03. The fourth-order valence-electron chi connectivity index (χ4n) is 2.28. The molecule has 166 valence electrons. The Kier molecular flexibility index (Phi) is 10.4. The number of aromatic amines is 1. The summed E-state index contributed by atoms with van der Waals surface area (Å²) in [7, 11) is 0. The van der Waals surface area contributed by atoms with Crippen LogP contribution in [0.2, 0.25) is 0 Å². The third-order valence-electron chi connectivity index (χ3n) is 3.73. The fourth-order valence-corrected chi connectivity index (χ4v) is 5.01. The zero-order valence-electron chi connectivity index (χ0n) is 17.2. The zero-order chi connectivity index (χ0) is 23.1. The van der Waals surface area contributed by atoms with Crippen molar-refractivity contribution in [2.75, 3.05) is 0 Å². The van der Waals surface area contributed by atoms with Gasteiger partial charge in [-0.05, 0) is 62.6 Å². The molecule has 0 saturated carbocycles. The van der Waals surface area contributed by atoms with Crippen molar-refractivity contribution in [2.24, 2.45) is 0 Å². The molecule has 5 aromatic rings. The van der Waals surface area contributed by atoms with E-state index in [2.05, 4.69) is 37.8 Å². The van der Waals surface area contributed by atoms with Gasteiger partial charge < -0.3 is 4.98 Å². The summed E-state index contributed by atoms with van der Waals surface area (Å²) in [6.07, 6.45) is 5.21. The van der Waals surface area contributed by atoms with E-state index >= 15 is 0 Å². The first-order valence-corrected chi connectivity index (χ1v) is 13.2. The Bertz CT molecular complexity index is 1240. The molecule has 0 amide bonds. The normalized spacial score (nSPS) is 9.45. The molecule has 0 spiro atoms. The molecular weight excluding hydrogens is 491 g/mol. The predicted molar refractivity (Wildman–Crippen MR) is 143 cm³/mol. The molecule has 0 atom stereocenters. The molecule has 0 fully saturated rings. The predicted octanol–water partition coefficient (Wildman–Crippen LogP) is 6.65. The molecule has 2 aliphatic rings. The topological polar surface area (TPSA) is 75.7 Å². The largest absolute Gasteiger partial charge is 0.368 e. The highest BCUT2D eigenvalue weighted by molar-refractivity contribution is 7.25. The lowest BCUT2D eigenvalue weighted by atomic mass is 10.4. The summed E-state index contributed by atoms with van der Waals surface area (Å²) in [5.74, 6) is 0. The highest BCUT2D eigenvalue weighted by Crippen LogP contribution is 2.25. The minimum atomic E-state index is -0.710. The molecule has 7 rings (SSSR count). The van der Waals surface area contributed by atoms with E-state index in [0.29, 0.717) is 5.69 Å². The van der Waals surface area contributed by atoms with Crippen molar-refractivity contribution in [1.82, 2.24) is 15.0 Å². The van der Waals surface area contributed by atoms with Crippen molar-refractivity contribution in [3.63, 3.8) is 0 Å².